The Morgan fingerprint density at radius 2 is 1.47 bits per heavy atom. The van der Waals surface area contributed by atoms with E-state index in [1.54, 1.807) is 4.90 Å². The third-order valence-electron chi connectivity index (χ3n) is 8.55. The van der Waals surface area contributed by atoms with Crippen molar-refractivity contribution in [2.45, 2.75) is 91.1 Å². The molecule has 2 aromatic carbocycles. The van der Waals surface area contributed by atoms with E-state index >= 15 is 0 Å². The number of para-hydroxylation sites is 1. The number of nitrogens with zero attached hydrogens (tertiary/aromatic N) is 2. The largest absolute Gasteiger partial charge is 0.356 e. The molecule has 2 aliphatic rings. The van der Waals surface area contributed by atoms with Gasteiger partial charge in [-0.1, -0.05) is 69.4 Å². The average molecular weight is 639 g/mol. The van der Waals surface area contributed by atoms with Crippen molar-refractivity contribution in [3.8, 4) is 11.8 Å². The fourth-order valence-corrected chi connectivity index (χ4v) is 5.72. The van der Waals surface area contributed by atoms with Crippen molar-refractivity contribution in [1.29, 1.82) is 0 Å². The van der Waals surface area contributed by atoms with Crippen molar-refractivity contribution in [1.82, 2.24) is 15.5 Å². The lowest BCUT2D eigenvalue weighted by atomic mass is 9.83. The van der Waals surface area contributed by atoms with E-state index in [4.69, 9.17) is 0 Å². The standard InChI is InChI=1S/C38H46N4O5/c1-38(2,3)32(40-34(44)18-5-4-12-26-41-35(45)23-24-36(41)46)17-10-11-25-39-33(43)21-22-37(47)42-27-30-15-7-6-13-28(30)19-20-29-14-8-9-16-31(29)42/h6-9,13-16,23-24,32H,4-5,10-12,17-18,21-22,25-27H2,1-3H3,(H,39,43)(H,40,44)/t32-/m1/s1. The van der Waals surface area contributed by atoms with Crippen LogP contribution in [-0.4, -0.2) is 53.6 Å². The fourth-order valence-electron chi connectivity index (χ4n) is 5.72. The molecule has 2 heterocycles. The highest BCUT2D eigenvalue weighted by Crippen LogP contribution is 2.26. The zero-order chi connectivity index (χ0) is 33.8. The molecule has 248 valence electrons. The van der Waals surface area contributed by atoms with Gasteiger partial charge in [-0.15, -0.1) is 0 Å². The summed E-state index contributed by atoms with van der Waals surface area (Å²) < 4.78 is 0. The minimum absolute atomic E-state index is 0.00364. The first-order chi connectivity index (χ1) is 22.5. The van der Waals surface area contributed by atoms with E-state index in [1.165, 1.54) is 17.1 Å². The molecule has 5 amide bonds. The van der Waals surface area contributed by atoms with Gasteiger partial charge in [0.05, 0.1) is 12.2 Å². The molecule has 9 nitrogen and oxygen atoms in total. The Kier molecular flexibility index (Phi) is 12.5. The molecule has 0 bridgehead atoms. The van der Waals surface area contributed by atoms with Crippen molar-refractivity contribution in [2.24, 2.45) is 5.41 Å². The van der Waals surface area contributed by atoms with Crippen molar-refractivity contribution < 1.29 is 24.0 Å². The Hall–Kier alpha value is -4.71. The molecule has 0 spiro atoms. The number of amides is 5. The number of carbonyl (C=O) groups excluding carboxylic acids is 5. The predicted molar refractivity (Wildman–Crippen MR) is 182 cm³/mol. The molecule has 0 fully saturated rings. The molecule has 47 heavy (non-hydrogen) atoms. The van der Waals surface area contributed by atoms with Crippen LogP contribution in [0.5, 0.6) is 0 Å². The maximum absolute atomic E-state index is 13.4. The number of rotatable bonds is 15. The lowest BCUT2D eigenvalue weighted by molar-refractivity contribution is -0.137. The molecule has 4 rings (SSSR count). The van der Waals surface area contributed by atoms with Crippen LogP contribution in [0.15, 0.2) is 60.7 Å². The number of hydrogen-bond acceptors (Lipinski definition) is 5. The third-order valence-corrected chi connectivity index (χ3v) is 8.55. The van der Waals surface area contributed by atoms with Crippen LogP contribution in [0.25, 0.3) is 0 Å². The molecule has 0 aliphatic carbocycles. The van der Waals surface area contributed by atoms with E-state index in [1.807, 2.05) is 48.5 Å². The van der Waals surface area contributed by atoms with Gasteiger partial charge in [-0.05, 0) is 61.3 Å². The fraction of sp³-hybridized carbons (Fsp3) is 0.447. The van der Waals surface area contributed by atoms with E-state index in [0.29, 0.717) is 38.9 Å². The molecule has 0 saturated heterocycles. The number of nitrogens with one attached hydrogen (secondary N) is 2. The van der Waals surface area contributed by atoms with Crippen LogP contribution >= 0.6 is 0 Å². The molecule has 2 aliphatic heterocycles. The second kappa shape index (κ2) is 16.7. The van der Waals surface area contributed by atoms with Gasteiger partial charge in [0.2, 0.25) is 17.7 Å². The SMILES string of the molecule is CC(C)(C)[C@@H](CCCCNC(=O)CCC(=O)N1Cc2ccccc2C#Cc2ccccc21)NC(=O)CCCCCN1C(=O)C=CC1=O. The maximum Gasteiger partial charge on any atom is 0.253 e. The highest BCUT2D eigenvalue weighted by molar-refractivity contribution is 6.12. The van der Waals surface area contributed by atoms with Gasteiger partial charge in [-0.2, -0.15) is 0 Å². The molecule has 0 saturated carbocycles. The summed E-state index contributed by atoms with van der Waals surface area (Å²) in [7, 11) is 0. The van der Waals surface area contributed by atoms with Crippen LogP contribution in [-0.2, 0) is 30.5 Å². The number of fused-ring (bicyclic) bond motifs is 2. The topological polar surface area (TPSA) is 116 Å². The molecule has 0 radical (unpaired) electrons. The first kappa shape index (κ1) is 35.1. The number of hydrogen-bond donors (Lipinski definition) is 2. The van der Waals surface area contributed by atoms with Gasteiger partial charge in [-0.3, -0.25) is 28.9 Å². The van der Waals surface area contributed by atoms with Gasteiger partial charge in [0.25, 0.3) is 11.8 Å². The Morgan fingerprint density at radius 3 is 2.21 bits per heavy atom. The number of unbranched alkanes of at least 4 members (excludes halogenated alkanes) is 3. The lowest BCUT2D eigenvalue weighted by Crippen LogP contribution is -2.43. The van der Waals surface area contributed by atoms with Gasteiger partial charge < -0.3 is 15.5 Å². The van der Waals surface area contributed by atoms with E-state index in [9.17, 15) is 24.0 Å². The third kappa shape index (κ3) is 10.4. The van der Waals surface area contributed by atoms with Crippen LogP contribution in [0.4, 0.5) is 5.69 Å². The minimum atomic E-state index is -0.275. The molecule has 9 heteroatoms. The van der Waals surface area contributed by atoms with Crippen LogP contribution in [0.1, 0.15) is 95.2 Å². The zero-order valence-electron chi connectivity index (χ0n) is 27.8. The normalized spacial score (nSPS) is 14.4. The molecule has 1 atom stereocenters. The van der Waals surface area contributed by atoms with E-state index in [-0.39, 0.29) is 53.8 Å². The summed E-state index contributed by atoms with van der Waals surface area (Å²) in [5.74, 6) is 5.58. The highest BCUT2D eigenvalue weighted by atomic mass is 16.2. The number of benzene rings is 2. The van der Waals surface area contributed by atoms with Crippen LogP contribution in [0, 0.1) is 17.3 Å². The van der Waals surface area contributed by atoms with Crippen LogP contribution in [0.2, 0.25) is 0 Å². The van der Waals surface area contributed by atoms with Crippen LogP contribution < -0.4 is 15.5 Å². The molecule has 2 aromatic rings. The quantitative estimate of drug-likeness (QED) is 0.162. The minimum Gasteiger partial charge on any atom is -0.356 e. The molecule has 0 aromatic heterocycles. The molecular formula is C38H46N4O5. The van der Waals surface area contributed by atoms with Crippen molar-refractivity contribution in [2.75, 3.05) is 18.0 Å². The Labute approximate surface area is 278 Å². The van der Waals surface area contributed by atoms with Crippen LogP contribution in [0.3, 0.4) is 0 Å². The van der Waals surface area contributed by atoms with Crippen molar-refractivity contribution in [3.63, 3.8) is 0 Å². The van der Waals surface area contributed by atoms with E-state index in [0.717, 1.165) is 48.1 Å². The molecule has 0 unspecified atom stereocenters. The lowest BCUT2D eigenvalue weighted by Gasteiger charge is -2.31. The first-order valence-electron chi connectivity index (χ1n) is 16.6. The summed E-state index contributed by atoms with van der Waals surface area (Å²) >= 11 is 0. The van der Waals surface area contributed by atoms with Gasteiger partial charge in [-0.25, -0.2) is 0 Å². The summed E-state index contributed by atoms with van der Waals surface area (Å²) in [6, 6.07) is 15.4. The van der Waals surface area contributed by atoms with Gasteiger partial charge >= 0.3 is 0 Å². The second-order valence-electron chi connectivity index (χ2n) is 13.2. The Bertz CT molecular complexity index is 1540. The summed E-state index contributed by atoms with van der Waals surface area (Å²) in [6.07, 6.45) is 7.66. The summed E-state index contributed by atoms with van der Waals surface area (Å²) in [5.41, 5.74) is 3.28. The smallest absolute Gasteiger partial charge is 0.253 e. The van der Waals surface area contributed by atoms with Crippen molar-refractivity contribution in [3.05, 3.63) is 77.4 Å². The maximum atomic E-state index is 13.4. The molecule has 2 N–H and O–H groups in total. The summed E-state index contributed by atoms with van der Waals surface area (Å²) in [4.78, 5) is 64.9. The Morgan fingerprint density at radius 1 is 0.787 bits per heavy atom. The molecular weight excluding hydrogens is 592 g/mol. The van der Waals surface area contributed by atoms with Gasteiger partial charge in [0.15, 0.2) is 0 Å². The number of carbonyl (C=O) groups is 5. The number of anilines is 1. The average Bonchev–Trinajstić information content (AvgIpc) is 3.35. The first-order valence-corrected chi connectivity index (χ1v) is 16.6. The van der Waals surface area contributed by atoms with Crippen molar-refractivity contribution >= 4 is 35.2 Å². The van der Waals surface area contributed by atoms with E-state index < -0.39 is 0 Å². The monoisotopic (exact) mass is 638 g/mol. The Balaban J connectivity index is 1.15. The summed E-state index contributed by atoms with van der Waals surface area (Å²) in [5, 5.41) is 6.13. The van der Waals surface area contributed by atoms with Gasteiger partial charge in [0, 0.05) is 61.7 Å². The zero-order valence-corrected chi connectivity index (χ0v) is 27.8. The summed E-state index contributed by atoms with van der Waals surface area (Å²) in [6.45, 7) is 7.58. The predicted octanol–water partition coefficient (Wildman–Crippen LogP) is 5.02. The van der Waals surface area contributed by atoms with Gasteiger partial charge in [0.1, 0.15) is 0 Å². The highest BCUT2D eigenvalue weighted by Gasteiger charge is 2.26. The second-order valence-corrected chi connectivity index (χ2v) is 13.2. The number of imide groups is 1. The van der Waals surface area contributed by atoms with E-state index in [2.05, 4.69) is 43.2 Å².